The molecular formula is C29H50O3Si. The van der Waals surface area contributed by atoms with E-state index in [9.17, 15) is 4.79 Å². The molecule has 33 heavy (non-hydrogen) atoms. The molecule has 0 saturated carbocycles. The summed E-state index contributed by atoms with van der Waals surface area (Å²) < 4.78 is 12.1. The van der Waals surface area contributed by atoms with Crippen molar-refractivity contribution in [3.63, 3.8) is 0 Å². The van der Waals surface area contributed by atoms with Crippen molar-refractivity contribution >= 4 is 14.3 Å². The molecule has 1 aromatic carbocycles. The van der Waals surface area contributed by atoms with Crippen molar-refractivity contribution in [1.82, 2.24) is 0 Å². The minimum Gasteiger partial charge on any atom is -0.466 e. The molecule has 4 heteroatoms. The van der Waals surface area contributed by atoms with Crippen LogP contribution in [-0.2, 0) is 14.0 Å². The Kier molecular flexibility index (Phi) is 16.2. The number of hydrogen-bond donors (Lipinski definition) is 0. The van der Waals surface area contributed by atoms with Gasteiger partial charge in [-0.25, -0.2) is 4.79 Å². The molecule has 1 atom stereocenters. The Morgan fingerprint density at radius 3 is 1.82 bits per heavy atom. The van der Waals surface area contributed by atoms with Gasteiger partial charge in [0.1, 0.15) is 6.10 Å². The Morgan fingerprint density at radius 2 is 1.33 bits per heavy atom. The van der Waals surface area contributed by atoms with Crippen molar-refractivity contribution in [2.45, 2.75) is 123 Å². The smallest absolute Gasteiger partial charge is 0.336 e. The highest BCUT2D eigenvalue weighted by atomic mass is 28.4. The fourth-order valence-electron chi connectivity index (χ4n) is 4.49. The van der Waals surface area contributed by atoms with Gasteiger partial charge < -0.3 is 9.16 Å². The van der Waals surface area contributed by atoms with Crippen LogP contribution in [0.3, 0.4) is 0 Å². The van der Waals surface area contributed by atoms with Gasteiger partial charge in [0.15, 0.2) is 8.32 Å². The highest BCUT2D eigenvalue weighted by Crippen LogP contribution is 2.35. The van der Waals surface area contributed by atoms with Gasteiger partial charge in [-0.05, 0) is 36.5 Å². The summed E-state index contributed by atoms with van der Waals surface area (Å²) in [6.07, 6.45) is 15.8. The zero-order valence-corrected chi connectivity index (χ0v) is 23.2. The largest absolute Gasteiger partial charge is 0.466 e. The molecule has 0 bridgehead atoms. The van der Waals surface area contributed by atoms with Gasteiger partial charge in [0.05, 0.1) is 12.7 Å². The Hall–Kier alpha value is -1.39. The highest BCUT2D eigenvalue weighted by Gasteiger charge is 2.35. The quantitative estimate of drug-likeness (QED) is 0.0867. The Balaban J connectivity index is 2.78. The van der Waals surface area contributed by atoms with Crippen LogP contribution in [0.25, 0.3) is 0 Å². The van der Waals surface area contributed by atoms with E-state index in [2.05, 4.69) is 45.9 Å². The van der Waals surface area contributed by atoms with E-state index in [1.54, 1.807) is 0 Å². The minimum atomic E-state index is -1.92. The fraction of sp³-hybridized carbons (Fsp3) is 0.690. The molecule has 0 fully saturated rings. The first-order chi connectivity index (χ1) is 16.1. The monoisotopic (exact) mass is 474 g/mol. The average molecular weight is 475 g/mol. The lowest BCUT2D eigenvalue weighted by molar-refractivity contribution is -0.137. The fourth-order valence-corrected chi connectivity index (χ4v) is 7.26. The summed E-state index contributed by atoms with van der Waals surface area (Å²) in [5, 5.41) is 0. The van der Waals surface area contributed by atoms with E-state index in [4.69, 9.17) is 9.16 Å². The lowest BCUT2D eigenvalue weighted by atomic mass is 9.99. The van der Waals surface area contributed by atoms with Crippen molar-refractivity contribution in [3.05, 3.63) is 47.5 Å². The maximum absolute atomic E-state index is 12.8. The predicted molar refractivity (Wildman–Crippen MR) is 144 cm³/mol. The SMILES string of the molecule is CCCCCCCCCCCCC=C(C(=O)OC)C(O[Si](CC)(CC)CC)c1ccccc1. The number of carbonyl (C=O) groups is 1. The number of esters is 1. The standard InChI is InChI=1S/C29H50O3Si/c1-6-10-11-12-13-14-15-16-17-18-22-25-27(29(30)31-5)28(26-23-20-19-21-24-26)32-33(7-2,8-3)9-4/h19-21,23-25,28H,6-18,22H2,1-5H3. The second-order valence-electron chi connectivity index (χ2n) is 9.27. The zero-order chi connectivity index (χ0) is 24.4. The predicted octanol–water partition coefficient (Wildman–Crippen LogP) is 9.16. The van der Waals surface area contributed by atoms with Gasteiger partial charge in [0.25, 0.3) is 0 Å². The first-order valence-electron chi connectivity index (χ1n) is 13.6. The number of rotatable bonds is 19. The van der Waals surface area contributed by atoms with Crippen LogP contribution < -0.4 is 0 Å². The normalized spacial score (nSPS) is 13.2. The molecule has 1 aromatic rings. The van der Waals surface area contributed by atoms with Crippen LogP contribution in [0.5, 0.6) is 0 Å². The summed E-state index contributed by atoms with van der Waals surface area (Å²) in [5.41, 5.74) is 1.72. The van der Waals surface area contributed by atoms with Gasteiger partial charge >= 0.3 is 5.97 Å². The Bertz CT molecular complexity index is 644. The number of hydrogen-bond acceptors (Lipinski definition) is 3. The molecular weight excluding hydrogens is 424 g/mol. The van der Waals surface area contributed by atoms with Crippen molar-refractivity contribution in [3.8, 4) is 0 Å². The van der Waals surface area contributed by atoms with Crippen molar-refractivity contribution in [1.29, 1.82) is 0 Å². The van der Waals surface area contributed by atoms with Gasteiger partial charge in [0, 0.05) is 0 Å². The summed E-state index contributed by atoms with van der Waals surface area (Å²) >= 11 is 0. The maximum atomic E-state index is 12.8. The second kappa shape index (κ2) is 18.0. The molecule has 188 valence electrons. The van der Waals surface area contributed by atoms with Gasteiger partial charge in [-0.15, -0.1) is 0 Å². The third kappa shape index (κ3) is 11.1. The molecule has 0 saturated heterocycles. The molecule has 0 aliphatic carbocycles. The van der Waals surface area contributed by atoms with E-state index in [1.165, 1.54) is 64.9 Å². The summed E-state index contributed by atoms with van der Waals surface area (Å²) in [7, 11) is -0.440. The number of carbonyl (C=O) groups excluding carboxylic acids is 1. The number of benzene rings is 1. The van der Waals surface area contributed by atoms with Crippen molar-refractivity contribution < 1.29 is 14.0 Å². The third-order valence-electron chi connectivity index (χ3n) is 7.03. The lowest BCUT2D eigenvalue weighted by Crippen LogP contribution is -2.38. The summed E-state index contributed by atoms with van der Waals surface area (Å²) in [4.78, 5) is 12.8. The molecule has 1 rings (SSSR count). The number of ether oxygens (including phenoxy) is 1. The van der Waals surface area contributed by atoms with Crippen molar-refractivity contribution in [2.24, 2.45) is 0 Å². The molecule has 0 aliphatic rings. The first kappa shape index (κ1) is 29.6. The molecule has 1 unspecified atom stereocenters. The van der Waals surface area contributed by atoms with Crippen LogP contribution in [0.2, 0.25) is 18.1 Å². The van der Waals surface area contributed by atoms with Crippen LogP contribution in [-0.4, -0.2) is 21.4 Å². The molecule has 0 spiro atoms. The Morgan fingerprint density at radius 1 is 0.818 bits per heavy atom. The van der Waals surface area contributed by atoms with E-state index in [0.29, 0.717) is 5.57 Å². The first-order valence-corrected chi connectivity index (χ1v) is 16.1. The zero-order valence-electron chi connectivity index (χ0n) is 22.2. The van der Waals surface area contributed by atoms with Gasteiger partial charge in [-0.3, -0.25) is 0 Å². The molecule has 0 aliphatic heterocycles. The molecule has 3 nitrogen and oxygen atoms in total. The van der Waals surface area contributed by atoms with Crippen LogP contribution >= 0.6 is 0 Å². The lowest BCUT2D eigenvalue weighted by Gasteiger charge is -2.34. The van der Waals surface area contributed by atoms with E-state index >= 15 is 0 Å². The third-order valence-corrected chi connectivity index (χ3v) is 11.6. The van der Waals surface area contributed by atoms with E-state index < -0.39 is 8.32 Å². The van der Waals surface area contributed by atoms with E-state index in [-0.39, 0.29) is 12.1 Å². The van der Waals surface area contributed by atoms with Crippen LogP contribution in [0.15, 0.2) is 42.0 Å². The van der Waals surface area contributed by atoms with Crippen molar-refractivity contribution in [2.75, 3.05) is 7.11 Å². The average Bonchev–Trinajstić information content (AvgIpc) is 2.86. The molecule has 0 aromatic heterocycles. The Labute approximate surface area is 205 Å². The minimum absolute atomic E-state index is 0.262. The molecule has 0 heterocycles. The van der Waals surface area contributed by atoms with Gasteiger partial charge in [0.2, 0.25) is 0 Å². The van der Waals surface area contributed by atoms with E-state index in [0.717, 1.165) is 36.5 Å². The number of methoxy groups -OCH3 is 1. The van der Waals surface area contributed by atoms with Gasteiger partial charge in [-0.1, -0.05) is 122 Å². The molecule has 0 N–H and O–H groups in total. The van der Waals surface area contributed by atoms with Crippen LogP contribution in [0.1, 0.15) is 110 Å². The molecule has 0 radical (unpaired) electrons. The van der Waals surface area contributed by atoms with E-state index in [1.807, 2.05) is 18.2 Å². The maximum Gasteiger partial charge on any atom is 0.336 e. The summed E-state index contributed by atoms with van der Waals surface area (Å²) in [6.45, 7) is 8.95. The summed E-state index contributed by atoms with van der Waals surface area (Å²) in [5.74, 6) is -0.262. The molecule has 0 amide bonds. The highest BCUT2D eigenvalue weighted by molar-refractivity contribution is 6.73. The van der Waals surface area contributed by atoms with Gasteiger partial charge in [-0.2, -0.15) is 0 Å². The van der Waals surface area contributed by atoms with Crippen LogP contribution in [0.4, 0.5) is 0 Å². The summed E-state index contributed by atoms with van der Waals surface area (Å²) in [6, 6.07) is 13.4. The topological polar surface area (TPSA) is 35.5 Å². The number of allylic oxidation sites excluding steroid dienone is 1. The van der Waals surface area contributed by atoms with Crippen LogP contribution in [0, 0.1) is 0 Å². The number of unbranched alkanes of at least 4 members (excludes halogenated alkanes) is 10. The second-order valence-corrected chi connectivity index (χ2v) is 14.0.